The zero-order valence-corrected chi connectivity index (χ0v) is 34.6. The molecule has 14 nitrogen and oxygen atoms in total. The van der Waals surface area contributed by atoms with E-state index in [1.54, 1.807) is 18.5 Å². The number of aromatic amines is 1. The highest BCUT2D eigenvalue weighted by Crippen LogP contribution is 2.33. The molecular weight excluding hydrogens is 807 g/mol. The number of ketones is 1. The summed E-state index contributed by atoms with van der Waals surface area (Å²) in [6.45, 7) is 7.19. The minimum absolute atomic E-state index is 0.0388. The molecule has 3 aliphatic heterocycles. The van der Waals surface area contributed by atoms with Crippen LogP contribution in [-0.2, 0) is 24.4 Å². The number of likely N-dealkylation sites (tertiary alicyclic amines) is 1. The summed E-state index contributed by atoms with van der Waals surface area (Å²) in [5.74, 6) is -2.94. The van der Waals surface area contributed by atoms with Crippen LogP contribution in [0.15, 0.2) is 73.2 Å². The van der Waals surface area contributed by atoms with Crippen LogP contribution in [0.4, 0.5) is 20.3 Å². The van der Waals surface area contributed by atoms with Gasteiger partial charge in [-0.15, -0.1) is 0 Å². The fourth-order valence-corrected chi connectivity index (χ4v) is 8.95. The molecule has 0 saturated carbocycles. The van der Waals surface area contributed by atoms with Crippen LogP contribution < -0.4 is 14.9 Å². The van der Waals surface area contributed by atoms with Gasteiger partial charge in [-0.25, -0.2) is 27.2 Å². The van der Waals surface area contributed by atoms with Crippen molar-refractivity contribution in [3.63, 3.8) is 0 Å². The fourth-order valence-electron chi connectivity index (χ4n) is 8.25. The van der Waals surface area contributed by atoms with Crippen molar-refractivity contribution in [2.24, 2.45) is 0 Å². The van der Waals surface area contributed by atoms with Crippen molar-refractivity contribution in [2.45, 2.75) is 56.6 Å². The first-order valence-electron chi connectivity index (χ1n) is 20.4. The van der Waals surface area contributed by atoms with Crippen LogP contribution in [0, 0.1) is 11.6 Å². The first kappa shape index (κ1) is 41.7. The number of rotatable bonds is 11. The Bertz CT molecular complexity index is 2600. The number of piperidine rings is 2. The lowest BCUT2D eigenvalue weighted by Crippen LogP contribution is -2.52. The van der Waals surface area contributed by atoms with Gasteiger partial charge in [0.25, 0.3) is 0 Å². The number of H-pyrrole nitrogens is 1. The number of amides is 3. The second-order valence-electron chi connectivity index (χ2n) is 16.1. The number of fused-ring (bicyclic) bond motifs is 1. The molecule has 6 heterocycles. The van der Waals surface area contributed by atoms with E-state index >= 15 is 4.39 Å². The Morgan fingerprint density at radius 1 is 0.869 bits per heavy atom. The van der Waals surface area contributed by atoms with E-state index in [4.69, 9.17) is 0 Å². The molecule has 0 spiro atoms. The van der Waals surface area contributed by atoms with Gasteiger partial charge in [0.2, 0.25) is 33.5 Å². The summed E-state index contributed by atoms with van der Waals surface area (Å²) < 4.78 is 57.4. The van der Waals surface area contributed by atoms with Gasteiger partial charge in [0, 0.05) is 73.3 Å². The first-order valence-corrected chi connectivity index (χ1v) is 22.0. The van der Waals surface area contributed by atoms with Crippen molar-refractivity contribution >= 4 is 56.1 Å². The SMILES string of the molecule is CC(C)S(=O)(=O)Nc1ccc(F)c(C(=O)c2c[nH]c3ncc(-c4ccc(N5CCN(C(=O)CN6CCC(c7ccc(C8CCC(=O)NC8=O)cc7)CC6)CC5)nc4)cc23)c1F. The van der Waals surface area contributed by atoms with Crippen molar-refractivity contribution in [2.75, 3.05) is 55.4 Å². The Morgan fingerprint density at radius 2 is 1.57 bits per heavy atom. The smallest absolute Gasteiger partial charge is 0.236 e. The number of benzene rings is 2. The molecule has 1 atom stereocenters. The second kappa shape index (κ2) is 17.1. The number of hydrogen-bond donors (Lipinski definition) is 3. The average Bonchev–Trinajstić information content (AvgIpc) is 3.69. The number of anilines is 2. The van der Waals surface area contributed by atoms with Gasteiger partial charge in [0.05, 0.1) is 29.0 Å². The van der Waals surface area contributed by atoms with E-state index in [1.807, 2.05) is 29.2 Å². The van der Waals surface area contributed by atoms with E-state index in [0.29, 0.717) is 73.6 Å². The number of halogens is 2. The topological polar surface area (TPSA) is 178 Å². The average molecular weight is 853 g/mol. The standard InChI is InChI=1S/C44H46F2N8O6S/c1-26(2)61(59,60)51-36-10-9-35(45)40(41(36)46)42(57)34-24-49-43-33(34)21-31(23-48-43)30-7-11-37(47-22-30)53-17-19-54(20-18-53)39(56)25-52-15-13-28(14-16-52)27-3-5-29(6-4-27)32-8-12-38(55)50-44(32)58/h3-7,9-11,21-24,26,28,32,51H,8,12-20,25H2,1-2H3,(H,48,49)(H,50,55,58). The Morgan fingerprint density at radius 3 is 2.25 bits per heavy atom. The van der Waals surface area contributed by atoms with Crippen LogP contribution in [0.2, 0.25) is 0 Å². The normalized spacial score (nSPS) is 18.1. The number of aromatic nitrogens is 3. The summed E-state index contributed by atoms with van der Waals surface area (Å²) in [7, 11) is -3.97. The third-order valence-corrected chi connectivity index (χ3v) is 13.7. The number of piperazine rings is 1. The van der Waals surface area contributed by atoms with Crippen LogP contribution in [0.3, 0.4) is 0 Å². The Hall–Kier alpha value is -6.07. The molecule has 0 aliphatic carbocycles. The van der Waals surface area contributed by atoms with Crippen LogP contribution in [0.25, 0.3) is 22.2 Å². The number of nitrogens with one attached hydrogen (secondary N) is 3. The summed E-state index contributed by atoms with van der Waals surface area (Å²) in [6.07, 6.45) is 7.36. The van der Waals surface area contributed by atoms with Crippen LogP contribution in [0.1, 0.15) is 78.4 Å². The van der Waals surface area contributed by atoms with E-state index in [-0.39, 0.29) is 29.2 Å². The molecule has 3 aromatic heterocycles. The lowest BCUT2D eigenvalue weighted by molar-refractivity contribution is -0.134. The lowest BCUT2D eigenvalue weighted by atomic mass is 9.86. The van der Waals surface area contributed by atoms with E-state index in [1.165, 1.54) is 25.6 Å². The number of carbonyl (C=O) groups excluding carboxylic acids is 4. The Kier molecular flexibility index (Phi) is 11.7. The summed E-state index contributed by atoms with van der Waals surface area (Å²) in [5.41, 5.74) is 2.33. The molecule has 3 amide bonds. The summed E-state index contributed by atoms with van der Waals surface area (Å²) >= 11 is 0. The van der Waals surface area contributed by atoms with Crippen molar-refractivity contribution in [1.82, 2.24) is 30.1 Å². The second-order valence-corrected chi connectivity index (χ2v) is 18.4. The molecule has 3 fully saturated rings. The van der Waals surface area contributed by atoms with Crippen molar-refractivity contribution in [3.8, 4) is 11.1 Å². The quantitative estimate of drug-likeness (QED) is 0.116. The summed E-state index contributed by atoms with van der Waals surface area (Å²) in [6, 6.07) is 15.4. The number of sulfonamides is 1. The summed E-state index contributed by atoms with van der Waals surface area (Å²) in [5, 5.41) is 1.86. The number of carbonyl (C=O) groups is 4. The molecular formula is C44H46F2N8O6S. The molecule has 5 aromatic rings. The molecule has 8 rings (SSSR count). The molecule has 61 heavy (non-hydrogen) atoms. The maximum atomic E-state index is 15.5. The number of pyridine rings is 2. The number of imide groups is 1. The minimum atomic E-state index is -3.97. The molecule has 3 aliphatic rings. The van der Waals surface area contributed by atoms with Gasteiger partial charge in [-0.3, -0.25) is 34.1 Å². The maximum Gasteiger partial charge on any atom is 0.236 e. The highest BCUT2D eigenvalue weighted by Gasteiger charge is 2.30. The molecule has 318 valence electrons. The molecule has 1 unspecified atom stereocenters. The largest absolute Gasteiger partial charge is 0.353 e. The third-order valence-electron chi connectivity index (χ3n) is 12.0. The predicted octanol–water partition coefficient (Wildman–Crippen LogP) is 5.33. The Labute approximate surface area is 351 Å². The third kappa shape index (κ3) is 8.75. The van der Waals surface area contributed by atoms with Crippen LogP contribution in [0.5, 0.6) is 0 Å². The molecule has 0 bridgehead atoms. The van der Waals surface area contributed by atoms with Gasteiger partial charge in [-0.05, 0) is 93.6 Å². The highest BCUT2D eigenvalue weighted by molar-refractivity contribution is 7.93. The van der Waals surface area contributed by atoms with Gasteiger partial charge in [-0.2, -0.15) is 0 Å². The fraction of sp³-hybridized carbons (Fsp3) is 0.364. The zero-order chi connectivity index (χ0) is 43.0. The van der Waals surface area contributed by atoms with Gasteiger partial charge in [-0.1, -0.05) is 24.3 Å². The van der Waals surface area contributed by atoms with Crippen LogP contribution in [-0.4, -0.2) is 108 Å². The van der Waals surface area contributed by atoms with Crippen molar-refractivity contribution in [1.29, 1.82) is 0 Å². The van der Waals surface area contributed by atoms with E-state index in [0.717, 1.165) is 49.4 Å². The number of nitrogens with zero attached hydrogens (tertiary/aromatic N) is 5. The zero-order valence-electron chi connectivity index (χ0n) is 33.8. The summed E-state index contributed by atoms with van der Waals surface area (Å²) in [4.78, 5) is 69.0. The van der Waals surface area contributed by atoms with E-state index in [2.05, 4.69) is 46.9 Å². The Balaban J connectivity index is 0.845. The van der Waals surface area contributed by atoms with Crippen LogP contribution >= 0.6 is 0 Å². The molecule has 2 aromatic carbocycles. The number of hydrogen-bond acceptors (Lipinski definition) is 10. The monoisotopic (exact) mass is 852 g/mol. The lowest BCUT2D eigenvalue weighted by Gasteiger charge is -2.37. The highest BCUT2D eigenvalue weighted by atomic mass is 32.2. The van der Waals surface area contributed by atoms with Crippen molar-refractivity contribution < 1.29 is 36.4 Å². The maximum absolute atomic E-state index is 15.5. The van der Waals surface area contributed by atoms with Gasteiger partial charge < -0.3 is 14.8 Å². The molecule has 17 heteroatoms. The molecule has 3 saturated heterocycles. The van der Waals surface area contributed by atoms with Gasteiger partial charge in [0.15, 0.2) is 5.82 Å². The van der Waals surface area contributed by atoms with Gasteiger partial charge >= 0.3 is 0 Å². The van der Waals surface area contributed by atoms with Crippen molar-refractivity contribution in [3.05, 3.63) is 107 Å². The first-order chi connectivity index (χ1) is 29.3. The van der Waals surface area contributed by atoms with E-state index < -0.39 is 43.9 Å². The minimum Gasteiger partial charge on any atom is -0.353 e. The molecule has 0 radical (unpaired) electrons. The van der Waals surface area contributed by atoms with Gasteiger partial charge in [0.1, 0.15) is 17.3 Å². The molecule has 3 N–H and O–H groups in total. The van der Waals surface area contributed by atoms with E-state index in [9.17, 15) is 32.0 Å². The predicted molar refractivity (Wildman–Crippen MR) is 226 cm³/mol.